The van der Waals surface area contributed by atoms with Crippen LogP contribution in [-0.2, 0) is 11.3 Å². The fourth-order valence-electron chi connectivity index (χ4n) is 2.28. The van der Waals surface area contributed by atoms with Crippen LogP contribution in [-0.4, -0.2) is 42.1 Å². The number of nitrogens with zero attached hydrogens (tertiary/aromatic N) is 3. The van der Waals surface area contributed by atoms with Gasteiger partial charge in [-0.15, -0.1) is 0 Å². The highest BCUT2D eigenvalue weighted by molar-refractivity contribution is 5.78. The summed E-state index contributed by atoms with van der Waals surface area (Å²) < 4.78 is 23.9. The normalized spacial score (nSPS) is 15.4. The lowest BCUT2D eigenvalue weighted by atomic mass is 10.3. The van der Waals surface area contributed by atoms with Crippen molar-refractivity contribution < 1.29 is 13.9 Å². The van der Waals surface area contributed by atoms with Gasteiger partial charge in [-0.25, -0.2) is 14.4 Å². The van der Waals surface area contributed by atoms with Gasteiger partial charge in [0, 0.05) is 31.4 Å². The molecule has 0 radical (unpaired) electrons. The van der Waals surface area contributed by atoms with Crippen molar-refractivity contribution in [3.05, 3.63) is 54.0 Å². The quantitative estimate of drug-likeness (QED) is 0.687. The van der Waals surface area contributed by atoms with Gasteiger partial charge in [-0.1, -0.05) is 12.1 Å². The summed E-state index contributed by atoms with van der Waals surface area (Å²) in [5.74, 6) is 0.967. The topological polar surface area (TPSA) is 73.0 Å². The van der Waals surface area contributed by atoms with E-state index in [9.17, 15) is 4.39 Å². The summed E-state index contributed by atoms with van der Waals surface area (Å²) in [6.07, 6.45) is 1.67. The Morgan fingerprint density at radius 3 is 2.83 bits per heavy atom. The third-order valence-electron chi connectivity index (χ3n) is 3.57. The van der Waals surface area contributed by atoms with Crippen molar-refractivity contribution in [1.29, 1.82) is 0 Å². The van der Waals surface area contributed by atoms with Crippen LogP contribution >= 0.6 is 0 Å². The van der Waals surface area contributed by atoms with Gasteiger partial charge >= 0.3 is 0 Å². The largest absolute Gasteiger partial charge is 0.439 e. The van der Waals surface area contributed by atoms with E-state index < -0.39 is 0 Å². The van der Waals surface area contributed by atoms with E-state index in [0.717, 1.165) is 18.7 Å². The van der Waals surface area contributed by atoms with Crippen molar-refractivity contribution in [2.75, 3.05) is 26.3 Å². The maximum atomic E-state index is 13.1. The maximum Gasteiger partial charge on any atom is 0.219 e. The summed E-state index contributed by atoms with van der Waals surface area (Å²) in [6, 6.07) is 9.51. The second kappa shape index (κ2) is 7.74. The van der Waals surface area contributed by atoms with Crippen LogP contribution < -0.4 is 10.5 Å². The van der Waals surface area contributed by atoms with E-state index >= 15 is 0 Å². The Morgan fingerprint density at radius 1 is 1.29 bits per heavy atom. The maximum absolute atomic E-state index is 13.1. The number of morpholine rings is 1. The number of aliphatic imine (C=N–C) groups is 1. The van der Waals surface area contributed by atoms with Crippen LogP contribution in [0, 0.1) is 5.82 Å². The highest BCUT2D eigenvalue weighted by atomic mass is 19.1. The summed E-state index contributed by atoms with van der Waals surface area (Å²) >= 11 is 0. The van der Waals surface area contributed by atoms with Gasteiger partial charge in [-0.05, 0) is 17.7 Å². The molecule has 7 heteroatoms. The van der Waals surface area contributed by atoms with Crippen LogP contribution in [0.25, 0.3) is 0 Å². The van der Waals surface area contributed by atoms with Gasteiger partial charge in [0.2, 0.25) is 5.88 Å². The van der Waals surface area contributed by atoms with Crippen molar-refractivity contribution in [3.8, 4) is 11.6 Å². The Morgan fingerprint density at radius 2 is 2.12 bits per heavy atom. The van der Waals surface area contributed by atoms with Gasteiger partial charge in [0.15, 0.2) is 5.96 Å². The van der Waals surface area contributed by atoms with E-state index in [-0.39, 0.29) is 5.82 Å². The number of hydrogen-bond acceptors (Lipinski definition) is 4. The summed E-state index contributed by atoms with van der Waals surface area (Å²) in [4.78, 5) is 10.6. The molecule has 0 amide bonds. The summed E-state index contributed by atoms with van der Waals surface area (Å²) in [7, 11) is 0. The molecule has 1 saturated heterocycles. The van der Waals surface area contributed by atoms with Gasteiger partial charge in [-0.2, -0.15) is 0 Å². The molecule has 1 aliphatic heterocycles. The second-order valence-electron chi connectivity index (χ2n) is 5.34. The van der Waals surface area contributed by atoms with E-state index in [4.69, 9.17) is 15.2 Å². The van der Waals surface area contributed by atoms with Crippen molar-refractivity contribution in [2.24, 2.45) is 10.7 Å². The zero-order valence-corrected chi connectivity index (χ0v) is 13.2. The number of rotatable bonds is 4. The van der Waals surface area contributed by atoms with E-state index in [1.54, 1.807) is 24.4 Å². The minimum absolute atomic E-state index is 0.350. The van der Waals surface area contributed by atoms with E-state index in [1.165, 1.54) is 12.1 Å². The highest BCUT2D eigenvalue weighted by Gasteiger charge is 2.11. The Kier molecular flexibility index (Phi) is 5.22. The van der Waals surface area contributed by atoms with Gasteiger partial charge in [0.25, 0.3) is 0 Å². The lowest BCUT2D eigenvalue weighted by molar-refractivity contribution is 0.0674. The average Bonchev–Trinajstić information content (AvgIpc) is 2.62. The predicted molar refractivity (Wildman–Crippen MR) is 88.4 cm³/mol. The van der Waals surface area contributed by atoms with Crippen LogP contribution in [0.1, 0.15) is 5.56 Å². The van der Waals surface area contributed by atoms with Gasteiger partial charge in [0.05, 0.1) is 19.8 Å². The first-order valence-electron chi connectivity index (χ1n) is 7.72. The third kappa shape index (κ3) is 4.42. The smallest absolute Gasteiger partial charge is 0.219 e. The molecular weight excluding hydrogens is 311 g/mol. The Hall–Kier alpha value is -2.67. The van der Waals surface area contributed by atoms with Crippen LogP contribution in [0.4, 0.5) is 4.39 Å². The number of aromatic nitrogens is 1. The van der Waals surface area contributed by atoms with Gasteiger partial charge < -0.3 is 20.1 Å². The first-order valence-corrected chi connectivity index (χ1v) is 7.72. The van der Waals surface area contributed by atoms with Crippen LogP contribution in [0.3, 0.4) is 0 Å². The first-order chi connectivity index (χ1) is 11.7. The first kappa shape index (κ1) is 16.2. The molecule has 0 aliphatic carbocycles. The molecule has 6 nitrogen and oxygen atoms in total. The zero-order chi connectivity index (χ0) is 16.8. The molecule has 0 unspecified atom stereocenters. The minimum atomic E-state index is -0.350. The van der Waals surface area contributed by atoms with Gasteiger partial charge in [0.1, 0.15) is 11.6 Å². The summed E-state index contributed by atoms with van der Waals surface area (Å²) in [5.41, 5.74) is 6.90. The molecule has 0 spiro atoms. The van der Waals surface area contributed by atoms with E-state index in [1.807, 2.05) is 11.0 Å². The fraction of sp³-hybridized carbons (Fsp3) is 0.294. The second-order valence-corrected chi connectivity index (χ2v) is 5.34. The molecule has 3 rings (SSSR count). The van der Waals surface area contributed by atoms with Crippen molar-refractivity contribution >= 4 is 5.96 Å². The minimum Gasteiger partial charge on any atom is -0.439 e. The molecule has 2 aromatic rings. The Labute approximate surface area is 139 Å². The lowest BCUT2D eigenvalue weighted by Gasteiger charge is -2.27. The number of hydrogen-bond donors (Lipinski definition) is 1. The standard InChI is InChI=1S/C17H19FN4O2/c18-14-2-1-3-15(10-14)24-16-5-4-13(11-20-16)12-21-17(19)22-6-8-23-9-7-22/h1-5,10-11H,6-9,12H2,(H2,19,21). The summed E-state index contributed by atoms with van der Waals surface area (Å²) in [6.45, 7) is 3.30. The van der Waals surface area contributed by atoms with Gasteiger partial charge in [-0.3, -0.25) is 0 Å². The number of guanidine groups is 1. The number of halogens is 1. The van der Waals surface area contributed by atoms with Crippen molar-refractivity contribution in [3.63, 3.8) is 0 Å². The molecule has 0 bridgehead atoms. The van der Waals surface area contributed by atoms with Crippen LogP contribution in [0.5, 0.6) is 11.6 Å². The number of nitrogens with two attached hydrogens (primary N) is 1. The SMILES string of the molecule is NC(=NCc1ccc(Oc2cccc(F)c2)nc1)N1CCOCC1. The molecule has 0 saturated carbocycles. The number of benzene rings is 1. The molecule has 126 valence electrons. The Bertz CT molecular complexity index is 700. The number of pyridine rings is 1. The molecule has 1 aromatic carbocycles. The Balaban J connectivity index is 1.58. The monoisotopic (exact) mass is 330 g/mol. The fourth-order valence-corrected chi connectivity index (χ4v) is 2.28. The lowest BCUT2D eigenvalue weighted by Crippen LogP contribution is -2.44. The molecule has 0 atom stereocenters. The highest BCUT2D eigenvalue weighted by Crippen LogP contribution is 2.20. The molecule has 2 heterocycles. The zero-order valence-electron chi connectivity index (χ0n) is 13.2. The van der Waals surface area contributed by atoms with Crippen molar-refractivity contribution in [2.45, 2.75) is 6.54 Å². The third-order valence-corrected chi connectivity index (χ3v) is 3.57. The average molecular weight is 330 g/mol. The molecule has 24 heavy (non-hydrogen) atoms. The molecule has 1 aliphatic rings. The van der Waals surface area contributed by atoms with Crippen LogP contribution in [0.15, 0.2) is 47.6 Å². The molecule has 1 fully saturated rings. The molecule has 1 aromatic heterocycles. The number of ether oxygens (including phenoxy) is 2. The molecule has 2 N–H and O–H groups in total. The predicted octanol–water partition coefficient (Wildman–Crippen LogP) is 2.16. The molecular formula is C17H19FN4O2. The van der Waals surface area contributed by atoms with E-state index in [2.05, 4.69) is 9.98 Å². The summed E-state index contributed by atoms with van der Waals surface area (Å²) in [5, 5.41) is 0. The van der Waals surface area contributed by atoms with Crippen LogP contribution in [0.2, 0.25) is 0 Å². The van der Waals surface area contributed by atoms with E-state index in [0.29, 0.717) is 37.3 Å². The van der Waals surface area contributed by atoms with Crippen molar-refractivity contribution in [1.82, 2.24) is 9.88 Å².